The Hall–Kier alpha value is -1.22. The van der Waals surface area contributed by atoms with Gasteiger partial charge in [-0.05, 0) is 0 Å². The molecule has 0 unspecified atom stereocenters. The van der Waals surface area contributed by atoms with Gasteiger partial charge in [0, 0.05) is 0 Å². The lowest BCUT2D eigenvalue weighted by atomic mass is 10.3. The predicted octanol–water partition coefficient (Wildman–Crippen LogP) is -1.40. The van der Waals surface area contributed by atoms with Gasteiger partial charge < -0.3 is 20.6 Å². The summed E-state index contributed by atoms with van der Waals surface area (Å²) in [4.78, 5) is 19.3. The van der Waals surface area contributed by atoms with Gasteiger partial charge in [0.05, 0.1) is 12.8 Å². The number of hydrogen-bond donors (Lipinski definition) is 6. The predicted molar refractivity (Wildman–Crippen MR) is 36.5 cm³/mol. The van der Waals surface area contributed by atoms with Gasteiger partial charge in [0.25, 0.3) is 0 Å². The fraction of sp³-hybridized carbons (Fsp3) is 0.500. The van der Waals surface area contributed by atoms with Crippen molar-refractivity contribution in [3.63, 3.8) is 0 Å². The van der Waals surface area contributed by atoms with Crippen LogP contribution in [0.4, 0.5) is 0 Å². The Bertz CT molecular complexity index is 102. The maximum Gasteiger partial charge on any atom is 0.303 e. The van der Waals surface area contributed by atoms with Crippen LogP contribution in [0.1, 0.15) is 12.8 Å². The van der Waals surface area contributed by atoms with E-state index in [0.29, 0.717) is 0 Å². The van der Waals surface area contributed by atoms with Crippen molar-refractivity contribution in [1.82, 2.24) is 0 Å². The summed E-state index contributed by atoms with van der Waals surface area (Å²) in [5.74, 6) is 4.85. The molecule has 0 aliphatic rings. The minimum atomic E-state index is -1.08. The summed E-state index contributed by atoms with van der Waals surface area (Å²) in [5.41, 5.74) is 0. The molecule has 0 aromatic heterocycles. The van der Waals surface area contributed by atoms with Crippen molar-refractivity contribution >= 4 is 11.9 Å². The van der Waals surface area contributed by atoms with E-state index in [0.717, 1.165) is 0 Å². The van der Waals surface area contributed by atoms with Gasteiger partial charge in [-0.3, -0.25) is 9.59 Å². The summed E-state index contributed by atoms with van der Waals surface area (Å²) < 4.78 is 0. The molecule has 0 radical (unpaired) electrons. The van der Waals surface area contributed by atoms with Gasteiger partial charge in [-0.1, -0.05) is 0 Å². The lowest BCUT2D eigenvalue weighted by Gasteiger charge is -1.85. The third-order valence-electron chi connectivity index (χ3n) is 0.553. The second-order valence-corrected chi connectivity index (χ2v) is 1.29. The largest absolute Gasteiger partial charge is 0.481 e. The second kappa shape index (κ2) is 16.4. The lowest BCUT2D eigenvalue weighted by Crippen LogP contribution is -2.00. The van der Waals surface area contributed by atoms with Crippen LogP contribution in [0.5, 0.6) is 0 Å². The van der Waals surface area contributed by atoms with Crippen molar-refractivity contribution in [1.29, 1.82) is 0 Å². The monoisotopic (exact) mass is 184 g/mol. The second-order valence-electron chi connectivity index (χ2n) is 1.29. The van der Waals surface area contributed by atoms with E-state index in [1.807, 2.05) is 0 Å². The summed E-state index contributed by atoms with van der Waals surface area (Å²) in [7, 11) is 0. The zero-order valence-electron chi connectivity index (χ0n) is 6.17. The normalized spacial score (nSPS) is 6.67. The Labute approximate surface area is 67.9 Å². The summed E-state index contributed by atoms with van der Waals surface area (Å²) >= 11 is 0. The van der Waals surface area contributed by atoms with Crippen molar-refractivity contribution < 1.29 is 30.2 Å². The third-order valence-corrected chi connectivity index (χ3v) is 0.553. The first-order valence-electron chi connectivity index (χ1n) is 2.58. The fourth-order valence-electron chi connectivity index (χ4n) is 0.214. The van der Waals surface area contributed by atoms with Gasteiger partial charge in [-0.15, -0.1) is 0 Å². The van der Waals surface area contributed by atoms with E-state index >= 15 is 0 Å². The molecule has 0 saturated carbocycles. The number of hydrogen-bond acceptors (Lipinski definition) is 6. The molecular formula is C4H12N2O6. The Morgan fingerprint density at radius 2 is 1.00 bits per heavy atom. The summed E-state index contributed by atoms with van der Waals surface area (Å²) in [6, 6.07) is 0. The maximum atomic E-state index is 9.64. The molecule has 0 amide bonds. The van der Waals surface area contributed by atoms with E-state index in [-0.39, 0.29) is 12.8 Å². The SMILES string of the molecule is NO.NO.O=C(O)CCC(=O)O. The molecule has 0 atom stereocenters. The highest BCUT2D eigenvalue weighted by molar-refractivity contribution is 5.75. The Balaban J connectivity index is -0.000000175. The molecule has 8 nitrogen and oxygen atoms in total. The van der Waals surface area contributed by atoms with Crippen LogP contribution in [0.25, 0.3) is 0 Å². The zero-order chi connectivity index (χ0) is 10.6. The van der Waals surface area contributed by atoms with E-state index in [1.54, 1.807) is 0 Å². The number of carbonyl (C=O) groups is 2. The topological polar surface area (TPSA) is 167 Å². The van der Waals surface area contributed by atoms with Crippen LogP contribution in [-0.4, -0.2) is 32.6 Å². The molecule has 0 heterocycles. The summed E-state index contributed by atoms with van der Waals surface area (Å²) in [5, 5.41) is 28.8. The van der Waals surface area contributed by atoms with Gasteiger partial charge in [0.15, 0.2) is 0 Å². The molecule has 74 valence electrons. The standard InChI is InChI=1S/C4H6O4.2H3NO/c5-3(6)1-2-4(7)8;2*1-2/h1-2H2,(H,5,6)(H,7,8);2*2H,1H2. The Morgan fingerprint density at radius 3 is 1.08 bits per heavy atom. The lowest BCUT2D eigenvalue weighted by molar-refractivity contribution is -0.143. The van der Waals surface area contributed by atoms with E-state index in [1.165, 1.54) is 0 Å². The van der Waals surface area contributed by atoms with Gasteiger partial charge in [-0.25, -0.2) is 11.8 Å². The highest BCUT2D eigenvalue weighted by Gasteiger charge is 2.00. The van der Waals surface area contributed by atoms with Crippen LogP contribution in [0.3, 0.4) is 0 Å². The molecule has 0 aliphatic carbocycles. The van der Waals surface area contributed by atoms with E-state index in [9.17, 15) is 9.59 Å². The van der Waals surface area contributed by atoms with Crippen molar-refractivity contribution in [2.24, 2.45) is 11.8 Å². The Morgan fingerprint density at radius 1 is 0.833 bits per heavy atom. The maximum absolute atomic E-state index is 9.64. The number of rotatable bonds is 3. The molecular weight excluding hydrogens is 172 g/mol. The third kappa shape index (κ3) is 37.2. The number of carboxylic acid groups (broad SMARTS) is 2. The summed E-state index contributed by atoms with van der Waals surface area (Å²) in [6.45, 7) is 0. The first kappa shape index (κ1) is 17.0. The minimum absolute atomic E-state index is 0.296. The average Bonchev–Trinajstić information content (AvgIpc) is 2.08. The average molecular weight is 184 g/mol. The molecule has 12 heavy (non-hydrogen) atoms. The van der Waals surface area contributed by atoms with Gasteiger partial charge >= 0.3 is 11.9 Å². The van der Waals surface area contributed by atoms with Crippen LogP contribution < -0.4 is 11.8 Å². The van der Waals surface area contributed by atoms with Crippen LogP contribution in [0, 0.1) is 0 Å². The minimum Gasteiger partial charge on any atom is -0.481 e. The molecule has 8 N–H and O–H groups in total. The van der Waals surface area contributed by atoms with Crippen molar-refractivity contribution in [2.45, 2.75) is 12.8 Å². The highest BCUT2D eigenvalue weighted by atomic mass is 16.4. The van der Waals surface area contributed by atoms with Crippen LogP contribution in [0.15, 0.2) is 0 Å². The van der Waals surface area contributed by atoms with Gasteiger partial charge in [0.1, 0.15) is 0 Å². The van der Waals surface area contributed by atoms with Crippen molar-refractivity contribution in [3.05, 3.63) is 0 Å². The quantitative estimate of drug-likeness (QED) is 0.291. The first-order chi connectivity index (χ1) is 5.63. The first-order valence-corrected chi connectivity index (χ1v) is 2.58. The number of aliphatic carboxylic acids is 2. The van der Waals surface area contributed by atoms with Crippen molar-refractivity contribution in [2.75, 3.05) is 0 Å². The van der Waals surface area contributed by atoms with Crippen LogP contribution in [-0.2, 0) is 9.59 Å². The molecule has 0 aromatic carbocycles. The van der Waals surface area contributed by atoms with E-state index in [4.69, 9.17) is 20.6 Å². The molecule has 0 spiro atoms. The van der Waals surface area contributed by atoms with E-state index in [2.05, 4.69) is 11.8 Å². The molecule has 8 heteroatoms. The van der Waals surface area contributed by atoms with Gasteiger partial charge in [-0.2, -0.15) is 0 Å². The Kier molecular flexibility index (Phi) is 23.3. The van der Waals surface area contributed by atoms with Gasteiger partial charge in [0.2, 0.25) is 0 Å². The molecule has 0 rings (SSSR count). The van der Waals surface area contributed by atoms with Crippen LogP contribution in [0.2, 0.25) is 0 Å². The molecule has 0 aromatic rings. The fourth-order valence-corrected chi connectivity index (χ4v) is 0.214. The van der Waals surface area contributed by atoms with E-state index < -0.39 is 11.9 Å². The smallest absolute Gasteiger partial charge is 0.303 e. The number of nitrogens with two attached hydrogens (primary N) is 2. The molecule has 0 aliphatic heterocycles. The van der Waals surface area contributed by atoms with Crippen LogP contribution >= 0.6 is 0 Å². The zero-order valence-corrected chi connectivity index (χ0v) is 6.17. The van der Waals surface area contributed by atoms with Crippen molar-refractivity contribution in [3.8, 4) is 0 Å². The summed E-state index contributed by atoms with van der Waals surface area (Å²) in [6.07, 6.45) is -0.593. The highest BCUT2D eigenvalue weighted by Crippen LogP contribution is 1.85. The number of carboxylic acids is 2. The molecule has 0 bridgehead atoms. The molecule has 0 fully saturated rings. The molecule has 0 saturated heterocycles.